The van der Waals surface area contributed by atoms with Gasteiger partial charge in [0.1, 0.15) is 11.6 Å². The third kappa shape index (κ3) is 2.95. The number of benzene rings is 1. The summed E-state index contributed by atoms with van der Waals surface area (Å²) in [6, 6.07) is 10.9. The van der Waals surface area contributed by atoms with Crippen LogP contribution < -0.4 is 5.32 Å². The zero-order valence-electron chi connectivity index (χ0n) is 13.3. The van der Waals surface area contributed by atoms with Crippen LogP contribution in [-0.2, 0) is 0 Å². The molecule has 1 N–H and O–H groups in total. The van der Waals surface area contributed by atoms with E-state index in [1.165, 1.54) is 12.1 Å². The normalized spacial score (nSPS) is 15.5. The molecule has 0 radical (unpaired) electrons. The highest BCUT2D eigenvalue weighted by Crippen LogP contribution is 2.30. The lowest BCUT2D eigenvalue weighted by Crippen LogP contribution is -2.29. The maximum atomic E-state index is 13.2. The topological polar surface area (TPSA) is 42.7 Å². The maximum absolute atomic E-state index is 13.2. The zero-order chi connectivity index (χ0) is 16.4. The van der Waals surface area contributed by atoms with Gasteiger partial charge in [0.15, 0.2) is 0 Å². The average Bonchev–Trinajstić information content (AvgIpc) is 3.09. The van der Waals surface area contributed by atoms with Crippen molar-refractivity contribution in [2.75, 3.05) is 13.1 Å². The first-order chi connectivity index (χ1) is 11.8. The van der Waals surface area contributed by atoms with Gasteiger partial charge in [0.2, 0.25) is 0 Å². The van der Waals surface area contributed by atoms with Crippen LogP contribution in [0.3, 0.4) is 0 Å². The Bertz CT molecular complexity index is 805. The number of hydrogen-bond acceptors (Lipinski definition) is 3. The molecule has 2 aromatic heterocycles. The number of imidazole rings is 1. The van der Waals surface area contributed by atoms with Crippen molar-refractivity contribution in [3.05, 3.63) is 60.8 Å². The molecule has 5 heteroatoms. The Hall–Kier alpha value is -2.53. The second-order valence-electron chi connectivity index (χ2n) is 6.08. The molecule has 1 saturated heterocycles. The van der Waals surface area contributed by atoms with Gasteiger partial charge >= 0.3 is 0 Å². The largest absolute Gasteiger partial charge is 0.327 e. The minimum absolute atomic E-state index is 0.231. The van der Waals surface area contributed by atoms with Gasteiger partial charge in [-0.25, -0.2) is 9.37 Å². The van der Waals surface area contributed by atoms with Crippen molar-refractivity contribution >= 4 is 0 Å². The van der Waals surface area contributed by atoms with Crippen LogP contribution in [0.5, 0.6) is 0 Å². The second kappa shape index (κ2) is 6.53. The van der Waals surface area contributed by atoms with Crippen LogP contribution >= 0.6 is 0 Å². The first-order valence-electron chi connectivity index (χ1n) is 8.27. The van der Waals surface area contributed by atoms with Crippen LogP contribution in [0.4, 0.5) is 4.39 Å². The Labute approximate surface area is 140 Å². The molecule has 0 atom stereocenters. The molecule has 0 saturated carbocycles. The van der Waals surface area contributed by atoms with Crippen molar-refractivity contribution in [2.45, 2.75) is 18.9 Å². The first-order valence-corrected chi connectivity index (χ1v) is 8.27. The van der Waals surface area contributed by atoms with E-state index < -0.39 is 0 Å². The summed E-state index contributed by atoms with van der Waals surface area (Å²) in [4.78, 5) is 8.95. The molecular weight excluding hydrogens is 303 g/mol. The van der Waals surface area contributed by atoms with Crippen LogP contribution in [0.15, 0.2) is 55.0 Å². The van der Waals surface area contributed by atoms with Crippen LogP contribution in [0, 0.1) is 5.82 Å². The number of halogens is 1. The summed E-state index contributed by atoms with van der Waals surface area (Å²) < 4.78 is 15.5. The molecule has 0 aliphatic carbocycles. The van der Waals surface area contributed by atoms with Gasteiger partial charge in [-0.15, -0.1) is 0 Å². The number of rotatable bonds is 3. The fourth-order valence-corrected chi connectivity index (χ4v) is 3.23. The zero-order valence-corrected chi connectivity index (χ0v) is 13.3. The summed E-state index contributed by atoms with van der Waals surface area (Å²) in [5, 5.41) is 3.40. The lowest BCUT2D eigenvalue weighted by molar-refractivity contribution is 0.371. The smallest absolute Gasteiger partial charge is 0.141 e. The van der Waals surface area contributed by atoms with Gasteiger partial charge in [-0.1, -0.05) is 0 Å². The Balaban J connectivity index is 1.79. The molecule has 0 unspecified atom stereocenters. The molecule has 1 fully saturated rings. The van der Waals surface area contributed by atoms with Crippen LogP contribution in [0.1, 0.15) is 18.9 Å². The summed E-state index contributed by atoms with van der Waals surface area (Å²) in [6.07, 6.45) is 7.83. The predicted octanol–water partition coefficient (Wildman–Crippen LogP) is 3.68. The van der Waals surface area contributed by atoms with E-state index in [1.54, 1.807) is 24.5 Å². The molecule has 0 spiro atoms. The van der Waals surface area contributed by atoms with Crippen LogP contribution in [0.25, 0.3) is 22.6 Å². The standard InChI is InChI=1S/C19H19FN4/c20-16-3-1-14(2-4-16)18-13-24(17-7-11-22-12-8-17)19(23-18)15-5-9-21-10-6-15/h1-6,9-10,13,17,22H,7-8,11-12H2. The van der Waals surface area contributed by atoms with Crippen molar-refractivity contribution < 1.29 is 4.39 Å². The summed E-state index contributed by atoms with van der Waals surface area (Å²) in [7, 11) is 0. The molecule has 0 amide bonds. The van der Waals surface area contributed by atoms with Crippen molar-refractivity contribution in [3.8, 4) is 22.6 Å². The van der Waals surface area contributed by atoms with E-state index in [0.29, 0.717) is 6.04 Å². The van der Waals surface area contributed by atoms with Crippen molar-refractivity contribution in [2.24, 2.45) is 0 Å². The average molecular weight is 322 g/mol. The number of hydrogen-bond donors (Lipinski definition) is 1. The monoisotopic (exact) mass is 322 g/mol. The highest BCUT2D eigenvalue weighted by Gasteiger charge is 2.20. The molecule has 3 aromatic rings. The molecular formula is C19H19FN4. The minimum atomic E-state index is -0.231. The fourth-order valence-electron chi connectivity index (χ4n) is 3.23. The molecule has 1 aromatic carbocycles. The number of pyridine rings is 1. The molecule has 3 heterocycles. The Morgan fingerprint density at radius 1 is 0.958 bits per heavy atom. The third-order valence-corrected chi connectivity index (χ3v) is 4.51. The molecule has 1 aliphatic heterocycles. The lowest BCUT2D eigenvalue weighted by atomic mass is 10.1. The van der Waals surface area contributed by atoms with Gasteiger partial charge < -0.3 is 9.88 Å². The number of nitrogens with one attached hydrogen (secondary N) is 1. The van der Waals surface area contributed by atoms with E-state index in [9.17, 15) is 4.39 Å². The quantitative estimate of drug-likeness (QED) is 0.800. The van der Waals surface area contributed by atoms with Gasteiger partial charge in [-0.05, 0) is 62.3 Å². The van der Waals surface area contributed by atoms with Crippen LogP contribution in [-0.4, -0.2) is 27.6 Å². The van der Waals surface area contributed by atoms with Crippen molar-refractivity contribution in [1.29, 1.82) is 0 Å². The van der Waals surface area contributed by atoms with Crippen LogP contribution in [0.2, 0.25) is 0 Å². The van der Waals surface area contributed by atoms with Gasteiger partial charge in [-0.3, -0.25) is 4.98 Å². The maximum Gasteiger partial charge on any atom is 0.141 e. The molecule has 1 aliphatic rings. The van der Waals surface area contributed by atoms with E-state index in [0.717, 1.165) is 48.6 Å². The summed E-state index contributed by atoms with van der Waals surface area (Å²) in [5.41, 5.74) is 2.86. The Morgan fingerprint density at radius 3 is 2.38 bits per heavy atom. The molecule has 4 nitrogen and oxygen atoms in total. The summed E-state index contributed by atoms with van der Waals surface area (Å²) in [6.45, 7) is 2.04. The molecule has 24 heavy (non-hydrogen) atoms. The van der Waals surface area contributed by atoms with E-state index in [4.69, 9.17) is 4.98 Å². The fraction of sp³-hybridized carbons (Fsp3) is 0.263. The number of piperidine rings is 1. The Morgan fingerprint density at radius 2 is 1.67 bits per heavy atom. The van der Waals surface area contributed by atoms with Gasteiger partial charge in [0.25, 0.3) is 0 Å². The Kier molecular flexibility index (Phi) is 4.09. The highest BCUT2D eigenvalue weighted by atomic mass is 19.1. The second-order valence-corrected chi connectivity index (χ2v) is 6.08. The van der Waals surface area contributed by atoms with Gasteiger partial charge in [-0.2, -0.15) is 0 Å². The van der Waals surface area contributed by atoms with E-state index in [1.807, 2.05) is 12.1 Å². The number of nitrogens with zero attached hydrogens (tertiary/aromatic N) is 3. The summed E-state index contributed by atoms with van der Waals surface area (Å²) >= 11 is 0. The highest BCUT2D eigenvalue weighted by molar-refractivity contribution is 5.65. The van der Waals surface area contributed by atoms with E-state index >= 15 is 0 Å². The molecule has 122 valence electrons. The predicted molar refractivity (Wildman–Crippen MR) is 92.0 cm³/mol. The lowest BCUT2D eigenvalue weighted by Gasteiger charge is -2.25. The van der Waals surface area contributed by atoms with Gasteiger partial charge in [0, 0.05) is 35.8 Å². The number of aromatic nitrogens is 3. The van der Waals surface area contributed by atoms with E-state index in [-0.39, 0.29) is 5.82 Å². The SMILES string of the molecule is Fc1ccc(-c2cn(C3CCNCC3)c(-c3ccncc3)n2)cc1. The van der Waals surface area contributed by atoms with Crippen molar-refractivity contribution in [1.82, 2.24) is 19.9 Å². The minimum Gasteiger partial charge on any atom is -0.327 e. The third-order valence-electron chi connectivity index (χ3n) is 4.51. The van der Waals surface area contributed by atoms with Crippen molar-refractivity contribution in [3.63, 3.8) is 0 Å². The van der Waals surface area contributed by atoms with Gasteiger partial charge in [0.05, 0.1) is 5.69 Å². The molecule has 0 bridgehead atoms. The first kappa shape index (κ1) is 15.0. The summed E-state index contributed by atoms with van der Waals surface area (Å²) in [5.74, 6) is 0.717. The molecule has 4 rings (SSSR count). The van der Waals surface area contributed by atoms with E-state index in [2.05, 4.69) is 21.1 Å².